The molecule has 1 unspecified atom stereocenters. The summed E-state index contributed by atoms with van der Waals surface area (Å²) < 4.78 is 44.8. The molecule has 0 aromatic heterocycles. The lowest BCUT2D eigenvalue weighted by Gasteiger charge is -2.36. The largest absolute Gasteiger partial charge is 0.486 e. The predicted octanol–water partition coefficient (Wildman–Crippen LogP) is 6.69. The SMILES string of the molecule is FC(F)(F)c1ccc(OC(CCN2CCN(c3cccc(Cl)c3)CC2)c2ccccc2)cc1. The summed E-state index contributed by atoms with van der Waals surface area (Å²) in [5, 5.41) is 0.737. The smallest absolute Gasteiger partial charge is 0.416 e. The van der Waals surface area contributed by atoms with Gasteiger partial charge in [0.15, 0.2) is 0 Å². The average molecular weight is 475 g/mol. The molecule has 0 amide bonds. The van der Waals surface area contributed by atoms with E-state index in [1.807, 2.05) is 48.5 Å². The topological polar surface area (TPSA) is 15.7 Å². The molecule has 0 saturated carbocycles. The number of nitrogens with zero attached hydrogens (tertiary/aromatic N) is 2. The van der Waals surface area contributed by atoms with Gasteiger partial charge in [0, 0.05) is 49.9 Å². The van der Waals surface area contributed by atoms with Crippen LogP contribution in [0.3, 0.4) is 0 Å². The summed E-state index contributed by atoms with van der Waals surface area (Å²) in [4.78, 5) is 4.73. The number of hydrogen-bond donors (Lipinski definition) is 0. The van der Waals surface area contributed by atoms with Crippen LogP contribution in [0.2, 0.25) is 5.02 Å². The van der Waals surface area contributed by atoms with E-state index < -0.39 is 11.7 Å². The quantitative estimate of drug-likeness (QED) is 0.379. The molecule has 1 atom stereocenters. The zero-order valence-electron chi connectivity index (χ0n) is 18.1. The molecule has 174 valence electrons. The Balaban J connectivity index is 1.37. The van der Waals surface area contributed by atoms with Crippen molar-refractivity contribution in [1.82, 2.24) is 4.90 Å². The van der Waals surface area contributed by atoms with Gasteiger partial charge < -0.3 is 9.64 Å². The lowest BCUT2D eigenvalue weighted by Crippen LogP contribution is -2.46. The van der Waals surface area contributed by atoms with Crippen LogP contribution in [0.5, 0.6) is 5.75 Å². The van der Waals surface area contributed by atoms with Crippen molar-refractivity contribution in [2.24, 2.45) is 0 Å². The molecular weight excluding hydrogens is 449 g/mol. The highest BCUT2D eigenvalue weighted by Gasteiger charge is 2.30. The Labute approximate surface area is 197 Å². The summed E-state index contributed by atoms with van der Waals surface area (Å²) >= 11 is 6.13. The van der Waals surface area contributed by atoms with Crippen LogP contribution in [-0.4, -0.2) is 37.6 Å². The number of hydrogen-bond acceptors (Lipinski definition) is 3. The fraction of sp³-hybridized carbons (Fsp3) is 0.308. The minimum atomic E-state index is -4.36. The van der Waals surface area contributed by atoms with E-state index in [1.165, 1.54) is 12.1 Å². The third-order valence-electron chi connectivity index (χ3n) is 5.88. The lowest BCUT2D eigenvalue weighted by molar-refractivity contribution is -0.137. The number of alkyl halides is 3. The van der Waals surface area contributed by atoms with Crippen molar-refractivity contribution in [2.75, 3.05) is 37.6 Å². The maximum Gasteiger partial charge on any atom is 0.416 e. The van der Waals surface area contributed by atoms with Crippen LogP contribution in [0.4, 0.5) is 18.9 Å². The van der Waals surface area contributed by atoms with Crippen LogP contribution < -0.4 is 9.64 Å². The average Bonchev–Trinajstić information content (AvgIpc) is 2.82. The zero-order chi connectivity index (χ0) is 23.3. The number of rotatable bonds is 7. The van der Waals surface area contributed by atoms with Gasteiger partial charge in [-0.15, -0.1) is 0 Å². The molecular formula is C26H26ClF3N2O. The van der Waals surface area contributed by atoms with Crippen molar-refractivity contribution < 1.29 is 17.9 Å². The van der Waals surface area contributed by atoms with Gasteiger partial charge in [-0.05, 0) is 48.0 Å². The number of ether oxygens (including phenoxy) is 1. The third-order valence-corrected chi connectivity index (χ3v) is 6.12. The van der Waals surface area contributed by atoms with E-state index in [0.29, 0.717) is 5.75 Å². The molecule has 0 N–H and O–H groups in total. The number of piperazine rings is 1. The lowest BCUT2D eigenvalue weighted by atomic mass is 10.1. The molecule has 1 aliphatic heterocycles. The van der Waals surface area contributed by atoms with E-state index in [-0.39, 0.29) is 6.10 Å². The molecule has 33 heavy (non-hydrogen) atoms. The van der Waals surface area contributed by atoms with Crippen molar-refractivity contribution in [2.45, 2.75) is 18.7 Å². The van der Waals surface area contributed by atoms with E-state index in [1.54, 1.807) is 0 Å². The molecule has 1 aliphatic rings. The Morgan fingerprint density at radius 2 is 1.55 bits per heavy atom. The summed E-state index contributed by atoms with van der Waals surface area (Å²) in [7, 11) is 0. The van der Waals surface area contributed by atoms with Crippen molar-refractivity contribution in [1.29, 1.82) is 0 Å². The Morgan fingerprint density at radius 1 is 0.848 bits per heavy atom. The molecule has 0 aliphatic carbocycles. The van der Waals surface area contributed by atoms with Crippen LogP contribution in [-0.2, 0) is 6.18 Å². The first-order chi connectivity index (χ1) is 15.9. The van der Waals surface area contributed by atoms with Gasteiger partial charge in [0.2, 0.25) is 0 Å². The summed E-state index contributed by atoms with van der Waals surface area (Å²) in [6.45, 7) is 4.51. The Kier molecular flexibility index (Phi) is 7.46. The fourth-order valence-electron chi connectivity index (χ4n) is 4.05. The summed E-state index contributed by atoms with van der Waals surface area (Å²) in [6.07, 6.45) is -3.86. The van der Waals surface area contributed by atoms with Gasteiger partial charge in [-0.1, -0.05) is 48.0 Å². The van der Waals surface area contributed by atoms with Gasteiger partial charge >= 0.3 is 6.18 Å². The van der Waals surface area contributed by atoms with Crippen LogP contribution in [0.15, 0.2) is 78.9 Å². The normalized spacial score (nSPS) is 15.9. The van der Waals surface area contributed by atoms with E-state index in [4.69, 9.17) is 16.3 Å². The van der Waals surface area contributed by atoms with Crippen molar-refractivity contribution in [3.63, 3.8) is 0 Å². The molecule has 0 bridgehead atoms. The maximum atomic E-state index is 12.9. The molecule has 3 nitrogen and oxygen atoms in total. The van der Waals surface area contributed by atoms with Crippen LogP contribution in [0.1, 0.15) is 23.7 Å². The first-order valence-electron chi connectivity index (χ1n) is 11.0. The minimum absolute atomic E-state index is 0.242. The highest BCUT2D eigenvalue weighted by molar-refractivity contribution is 6.30. The van der Waals surface area contributed by atoms with Crippen molar-refractivity contribution >= 4 is 17.3 Å². The third kappa shape index (κ3) is 6.42. The fourth-order valence-corrected chi connectivity index (χ4v) is 4.23. The van der Waals surface area contributed by atoms with E-state index in [0.717, 1.165) is 67.6 Å². The maximum absolute atomic E-state index is 12.9. The van der Waals surface area contributed by atoms with Crippen molar-refractivity contribution in [3.8, 4) is 5.75 Å². The second-order valence-corrected chi connectivity index (χ2v) is 8.57. The number of benzene rings is 3. The van der Waals surface area contributed by atoms with Crippen molar-refractivity contribution in [3.05, 3.63) is 95.0 Å². The first kappa shape index (κ1) is 23.5. The van der Waals surface area contributed by atoms with Crippen LogP contribution in [0.25, 0.3) is 0 Å². The Morgan fingerprint density at radius 3 is 2.18 bits per heavy atom. The zero-order valence-corrected chi connectivity index (χ0v) is 18.9. The van der Waals surface area contributed by atoms with E-state index in [2.05, 4.69) is 15.9 Å². The highest BCUT2D eigenvalue weighted by atomic mass is 35.5. The van der Waals surface area contributed by atoms with E-state index >= 15 is 0 Å². The minimum Gasteiger partial charge on any atom is -0.486 e. The van der Waals surface area contributed by atoms with Crippen LogP contribution in [0, 0.1) is 0 Å². The van der Waals surface area contributed by atoms with E-state index in [9.17, 15) is 13.2 Å². The molecule has 1 saturated heterocycles. The monoisotopic (exact) mass is 474 g/mol. The first-order valence-corrected chi connectivity index (χ1v) is 11.4. The van der Waals surface area contributed by atoms with Gasteiger partial charge in [0.25, 0.3) is 0 Å². The summed E-state index contributed by atoms with van der Waals surface area (Å²) in [6, 6.07) is 22.6. The Bertz CT molecular complexity index is 1020. The van der Waals surface area contributed by atoms with Gasteiger partial charge in [-0.3, -0.25) is 4.90 Å². The second kappa shape index (κ2) is 10.5. The summed E-state index contributed by atoms with van der Waals surface area (Å²) in [5.74, 6) is 0.433. The standard InChI is InChI=1S/C26H26ClF3N2O/c27-22-7-4-8-23(19-22)32-17-15-31(16-18-32)14-13-25(20-5-2-1-3-6-20)33-24-11-9-21(10-12-24)26(28,29)30/h1-12,19,25H,13-18H2. The predicted molar refractivity (Wildman–Crippen MR) is 126 cm³/mol. The number of halogens is 4. The Hall–Kier alpha value is -2.70. The second-order valence-electron chi connectivity index (χ2n) is 8.14. The molecule has 3 aromatic carbocycles. The highest BCUT2D eigenvalue weighted by Crippen LogP contribution is 2.32. The van der Waals surface area contributed by atoms with Gasteiger partial charge in [0.05, 0.1) is 5.56 Å². The summed E-state index contributed by atoms with van der Waals surface area (Å²) in [5.41, 5.74) is 1.47. The van der Waals surface area contributed by atoms with Gasteiger partial charge in [-0.2, -0.15) is 13.2 Å². The molecule has 0 radical (unpaired) electrons. The van der Waals surface area contributed by atoms with Crippen LogP contribution >= 0.6 is 11.6 Å². The molecule has 1 heterocycles. The molecule has 7 heteroatoms. The number of anilines is 1. The molecule has 0 spiro atoms. The molecule has 3 aromatic rings. The van der Waals surface area contributed by atoms with Gasteiger partial charge in [0.1, 0.15) is 11.9 Å². The molecule has 4 rings (SSSR count). The van der Waals surface area contributed by atoms with Gasteiger partial charge in [-0.25, -0.2) is 0 Å². The molecule has 1 fully saturated rings.